The van der Waals surface area contributed by atoms with E-state index in [2.05, 4.69) is 0 Å². The Balaban J connectivity index is 2.07. The minimum Gasteiger partial charge on any atom is -0.382 e. The number of hydrogen-bond donors (Lipinski definition) is 0. The van der Waals surface area contributed by atoms with Crippen molar-refractivity contribution in [2.24, 2.45) is 0 Å². The van der Waals surface area contributed by atoms with Gasteiger partial charge in [0.1, 0.15) is 0 Å². The quantitative estimate of drug-likeness (QED) is 0.800. The fourth-order valence-corrected chi connectivity index (χ4v) is 2.88. The van der Waals surface area contributed by atoms with Gasteiger partial charge in [-0.3, -0.25) is 9.59 Å². The van der Waals surface area contributed by atoms with Gasteiger partial charge in [-0.1, -0.05) is 23.7 Å². The number of piperidine rings is 1. The maximum absolute atomic E-state index is 12.6. The fraction of sp³-hybridized carbons (Fsp3) is 0.529. The van der Waals surface area contributed by atoms with Crippen LogP contribution in [-0.4, -0.2) is 55.5 Å². The number of nitrogens with zero attached hydrogens (tertiary/aromatic N) is 2. The number of hydrogen-bond acceptors (Lipinski definition) is 3. The lowest BCUT2D eigenvalue weighted by Gasteiger charge is -2.32. The van der Waals surface area contributed by atoms with E-state index >= 15 is 0 Å². The highest BCUT2D eigenvalue weighted by atomic mass is 35.5. The van der Waals surface area contributed by atoms with Crippen molar-refractivity contribution in [3.63, 3.8) is 0 Å². The summed E-state index contributed by atoms with van der Waals surface area (Å²) in [5.41, 5.74) is 0.956. The topological polar surface area (TPSA) is 49.9 Å². The van der Waals surface area contributed by atoms with Crippen molar-refractivity contribution in [3.05, 3.63) is 34.9 Å². The third-order valence-corrected chi connectivity index (χ3v) is 4.44. The smallest absolute Gasteiger partial charge is 0.242 e. The summed E-state index contributed by atoms with van der Waals surface area (Å²) in [7, 11) is 3.35. The minimum absolute atomic E-state index is 0.0628. The van der Waals surface area contributed by atoms with E-state index < -0.39 is 0 Å². The normalized spacial score (nSPS) is 16.3. The van der Waals surface area contributed by atoms with Crippen LogP contribution >= 0.6 is 11.6 Å². The predicted molar refractivity (Wildman–Crippen MR) is 89.3 cm³/mol. The van der Waals surface area contributed by atoms with E-state index in [4.69, 9.17) is 16.3 Å². The first kappa shape index (κ1) is 17.8. The number of carbonyl (C=O) groups excluding carboxylic acids is 2. The third-order valence-electron chi connectivity index (χ3n) is 4.19. The first-order valence-corrected chi connectivity index (χ1v) is 8.18. The van der Waals surface area contributed by atoms with Gasteiger partial charge < -0.3 is 14.5 Å². The molecule has 0 bridgehead atoms. The number of likely N-dealkylation sites (N-methyl/N-ethyl adjacent to an activating group) is 1. The highest BCUT2D eigenvalue weighted by Crippen LogP contribution is 2.22. The van der Waals surface area contributed by atoms with Gasteiger partial charge in [0.05, 0.1) is 19.2 Å². The monoisotopic (exact) mass is 338 g/mol. The molecule has 6 heteroatoms. The second-order valence-corrected chi connectivity index (χ2v) is 6.24. The zero-order valence-corrected chi connectivity index (χ0v) is 14.4. The van der Waals surface area contributed by atoms with E-state index in [0.29, 0.717) is 24.6 Å². The molecule has 1 unspecified atom stereocenters. The Hall–Kier alpha value is -1.59. The number of likely N-dealkylation sites (tertiary alicyclic amines) is 1. The summed E-state index contributed by atoms with van der Waals surface area (Å²) in [4.78, 5) is 27.7. The zero-order valence-electron chi connectivity index (χ0n) is 13.6. The van der Waals surface area contributed by atoms with E-state index in [9.17, 15) is 9.59 Å². The maximum atomic E-state index is 12.6. The van der Waals surface area contributed by atoms with Crippen LogP contribution in [0.15, 0.2) is 24.3 Å². The largest absolute Gasteiger partial charge is 0.382 e. The van der Waals surface area contributed by atoms with E-state index in [1.54, 1.807) is 36.1 Å². The van der Waals surface area contributed by atoms with Crippen molar-refractivity contribution >= 4 is 23.4 Å². The zero-order chi connectivity index (χ0) is 16.8. The number of methoxy groups -OCH3 is 1. The molecule has 1 saturated heterocycles. The lowest BCUT2D eigenvalue weighted by molar-refractivity contribution is -0.143. The minimum atomic E-state index is -0.204. The van der Waals surface area contributed by atoms with Crippen molar-refractivity contribution in [2.75, 3.05) is 33.9 Å². The molecule has 126 valence electrons. The van der Waals surface area contributed by atoms with Gasteiger partial charge >= 0.3 is 0 Å². The Morgan fingerprint density at radius 3 is 2.65 bits per heavy atom. The lowest BCUT2D eigenvalue weighted by Crippen LogP contribution is -2.45. The molecule has 1 aliphatic heterocycles. The number of rotatable bonds is 6. The number of amides is 2. The van der Waals surface area contributed by atoms with E-state index in [-0.39, 0.29) is 24.4 Å². The number of benzene rings is 1. The van der Waals surface area contributed by atoms with Gasteiger partial charge in [-0.2, -0.15) is 0 Å². The van der Waals surface area contributed by atoms with Crippen LogP contribution in [0.3, 0.4) is 0 Å². The standard InChI is InChI=1S/C17H23ClN2O3/c1-19(17(22)11-20-10-4-3-5-16(20)21)15(12-23-2)13-6-8-14(18)9-7-13/h6-9,15H,3-5,10-12H2,1-2H3. The van der Waals surface area contributed by atoms with Gasteiger partial charge in [-0.25, -0.2) is 0 Å². The molecule has 1 atom stereocenters. The van der Waals surface area contributed by atoms with Gasteiger partial charge in [0.2, 0.25) is 11.8 Å². The van der Waals surface area contributed by atoms with Crippen LogP contribution in [0.25, 0.3) is 0 Å². The highest BCUT2D eigenvalue weighted by molar-refractivity contribution is 6.30. The number of halogens is 1. The third kappa shape index (κ3) is 4.69. The van der Waals surface area contributed by atoms with E-state index in [0.717, 1.165) is 18.4 Å². The molecule has 1 heterocycles. The highest BCUT2D eigenvalue weighted by Gasteiger charge is 2.26. The second kappa shape index (κ2) is 8.31. The van der Waals surface area contributed by atoms with Crippen molar-refractivity contribution in [1.29, 1.82) is 0 Å². The Bertz CT molecular complexity index is 547. The molecule has 0 spiro atoms. The molecule has 2 amide bonds. The van der Waals surface area contributed by atoms with Crippen molar-refractivity contribution in [2.45, 2.75) is 25.3 Å². The van der Waals surface area contributed by atoms with Crippen molar-refractivity contribution in [3.8, 4) is 0 Å². The lowest BCUT2D eigenvalue weighted by atomic mass is 10.1. The number of ether oxygens (including phenoxy) is 1. The number of carbonyl (C=O) groups is 2. The van der Waals surface area contributed by atoms with Crippen LogP contribution < -0.4 is 0 Å². The van der Waals surface area contributed by atoms with Crippen LogP contribution in [0.1, 0.15) is 30.9 Å². The van der Waals surface area contributed by atoms with Crippen molar-refractivity contribution in [1.82, 2.24) is 9.80 Å². The summed E-state index contributed by atoms with van der Waals surface area (Å²) >= 11 is 5.92. The molecule has 0 aromatic heterocycles. The van der Waals surface area contributed by atoms with Gasteiger partial charge in [-0.15, -0.1) is 0 Å². The van der Waals surface area contributed by atoms with Crippen molar-refractivity contribution < 1.29 is 14.3 Å². The predicted octanol–water partition coefficient (Wildman–Crippen LogP) is 2.50. The van der Waals surface area contributed by atoms with Crippen LogP contribution in [0.4, 0.5) is 0 Å². The molecule has 1 fully saturated rings. The Labute approximate surface area is 142 Å². The molecule has 0 radical (unpaired) electrons. The molecule has 1 aromatic rings. The second-order valence-electron chi connectivity index (χ2n) is 5.80. The first-order chi connectivity index (χ1) is 11.0. The van der Waals surface area contributed by atoms with Gasteiger partial charge in [-0.05, 0) is 30.5 Å². The van der Waals surface area contributed by atoms with Crippen LogP contribution in [0.5, 0.6) is 0 Å². The average molecular weight is 339 g/mol. The molecule has 1 aliphatic rings. The fourth-order valence-electron chi connectivity index (χ4n) is 2.75. The summed E-state index contributed by atoms with van der Waals surface area (Å²) in [6.07, 6.45) is 2.41. The molecule has 0 N–H and O–H groups in total. The summed E-state index contributed by atoms with van der Waals surface area (Å²) in [5, 5.41) is 0.651. The van der Waals surface area contributed by atoms with Crippen LogP contribution in [0.2, 0.25) is 5.02 Å². The van der Waals surface area contributed by atoms with Gasteiger partial charge in [0.25, 0.3) is 0 Å². The summed E-state index contributed by atoms with van der Waals surface area (Å²) in [6.45, 7) is 1.18. The Morgan fingerprint density at radius 1 is 1.35 bits per heavy atom. The van der Waals surface area contributed by atoms with E-state index in [1.807, 2.05) is 12.1 Å². The first-order valence-electron chi connectivity index (χ1n) is 7.80. The average Bonchev–Trinajstić information content (AvgIpc) is 2.55. The van der Waals surface area contributed by atoms with Crippen LogP contribution in [0, 0.1) is 0 Å². The van der Waals surface area contributed by atoms with Gasteiger partial charge in [0, 0.05) is 32.1 Å². The van der Waals surface area contributed by atoms with Gasteiger partial charge in [0.15, 0.2) is 0 Å². The Kier molecular flexibility index (Phi) is 6.42. The Morgan fingerprint density at radius 2 is 2.04 bits per heavy atom. The summed E-state index contributed by atoms with van der Waals surface area (Å²) in [5.74, 6) is -0.0231. The molecule has 23 heavy (non-hydrogen) atoms. The molecule has 1 aromatic carbocycles. The SMILES string of the molecule is COCC(c1ccc(Cl)cc1)N(C)C(=O)CN1CCCCC1=O. The molecule has 0 saturated carbocycles. The molecule has 5 nitrogen and oxygen atoms in total. The molecular weight excluding hydrogens is 316 g/mol. The van der Waals surface area contributed by atoms with E-state index in [1.165, 1.54) is 0 Å². The maximum Gasteiger partial charge on any atom is 0.242 e. The molecule has 0 aliphatic carbocycles. The summed E-state index contributed by atoms with van der Waals surface area (Å²) < 4.78 is 5.26. The van der Waals surface area contributed by atoms with Crippen LogP contribution in [-0.2, 0) is 14.3 Å². The summed E-state index contributed by atoms with van der Waals surface area (Å²) in [6, 6.07) is 7.17. The molecular formula is C17H23ClN2O3. The molecule has 2 rings (SSSR count).